The molecule has 0 unspecified atom stereocenters. The summed E-state index contributed by atoms with van der Waals surface area (Å²) in [6.07, 6.45) is 11.8. The minimum atomic E-state index is -10.9. The monoisotopic (exact) mass is 1790 g/mol. The largest absolute Gasteiger partial charge is 0.286 e. The van der Waals surface area contributed by atoms with Gasteiger partial charge in [0.25, 0.3) is 13.1 Å². The van der Waals surface area contributed by atoms with E-state index in [4.69, 9.17) is 0 Å². The smallest absolute Gasteiger partial charge is 0.208 e. The van der Waals surface area contributed by atoms with Crippen molar-refractivity contribution in [2.75, 3.05) is 12.3 Å². The number of unbranched alkanes of at least 4 members (excludes halogenated alkanes) is 6. The van der Waals surface area contributed by atoms with Gasteiger partial charge in [-0.1, -0.05) is 45.6 Å². The van der Waals surface area contributed by atoms with Crippen LogP contribution in [0.4, 0.5) is 167 Å². The van der Waals surface area contributed by atoms with E-state index in [1.165, 1.54) is 44.6 Å². The fourth-order valence-electron chi connectivity index (χ4n) is 17.8. The molecule has 17 aromatic carbocycles. The highest BCUT2D eigenvalue weighted by Gasteiger charge is 2.56. The van der Waals surface area contributed by atoms with Crippen molar-refractivity contribution in [1.29, 1.82) is 0 Å². The number of rotatable bonds is 15. The normalized spacial score (nSPS) is 12.7. The molecular formula is C82H30AlF38P. The molecule has 0 aliphatic carbocycles. The minimum absolute atomic E-state index is 0.586. The first-order valence-corrected chi connectivity index (χ1v) is 39.7. The Morgan fingerprint density at radius 3 is 0.525 bits per heavy atom. The predicted molar refractivity (Wildman–Crippen MR) is 376 cm³/mol. The summed E-state index contributed by atoms with van der Waals surface area (Å²) in [6.45, 7) is 4.39. The lowest BCUT2D eigenvalue weighted by atomic mass is 9.90. The zero-order chi connectivity index (χ0) is 89.0. The molecule has 0 spiro atoms. The number of hydrogen-bond acceptors (Lipinski definition) is 0. The summed E-state index contributed by atoms with van der Waals surface area (Å²) < 4.78 is 633. The Bertz CT molecular complexity index is 6670. The second kappa shape index (κ2) is 29.2. The van der Waals surface area contributed by atoms with Crippen molar-refractivity contribution in [2.45, 2.75) is 65.2 Å². The number of halogens is 38. The highest BCUT2D eigenvalue weighted by atomic mass is 31.1. The van der Waals surface area contributed by atoms with Crippen LogP contribution in [0, 0.1) is 221 Å². The van der Waals surface area contributed by atoms with Crippen molar-refractivity contribution in [3.8, 4) is 0 Å². The molecule has 0 heterocycles. The molecule has 0 nitrogen and oxygen atoms in total. The Kier molecular flexibility index (Phi) is 20.3. The molecule has 0 aromatic heterocycles. The lowest BCUT2D eigenvalue weighted by molar-refractivity contribution is 0.448. The third-order valence-corrected chi connectivity index (χ3v) is 31.4. The molecule has 40 heteroatoms. The third-order valence-electron chi connectivity index (χ3n) is 22.8. The van der Waals surface area contributed by atoms with E-state index in [1.54, 1.807) is 6.07 Å². The first kappa shape index (κ1) is 84.8. The summed E-state index contributed by atoms with van der Waals surface area (Å²) in [7, 11) is -0.950. The maximum absolute atomic E-state index is 19.4. The van der Waals surface area contributed by atoms with Crippen LogP contribution >= 0.6 is 7.92 Å². The zero-order valence-corrected chi connectivity index (χ0v) is 61.9. The third kappa shape index (κ3) is 10.6. The Morgan fingerprint density at radius 2 is 0.336 bits per heavy atom. The van der Waals surface area contributed by atoms with Crippen LogP contribution in [0.2, 0.25) is 0 Å². The van der Waals surface area contributed by atoms with Crippen molar-refractivity contribution in [3.05, 3.63) is 239 Å². The van der Waals surface area contributed by atoms with E-state index in [-0.39, 0.29) is 0 Å². The van der Waals surface area contributed by atoms with Gasteiger partial charge in [0.2, 0.25) is 5.82 Å². The molecule has 17 rings (SSSR count). The van der Waals surface area contributed by atoms with Crippen LogP contribution < -0.4 is 23.0 Å². The molecule has 0 fully saturated rings. The van der Waals surface area contributed by atoms with Crippen LogP contribution in [-0.2, 0) is 0 Å². The Balaban J connectivity index is 0.000000462. The van der Waals surface area contributed by atoms with E-state index in [0.29, 0.717) is 5.30 Å². The molecule has 0 saturated heterocycles. The van der Waals surface area contributed by atoms with E-state index in [2.05, 4.69) is 13.8 Å². The molecule has 0 amide bonds. The summed E-state index contributed by atoms with van der Waals surface area (Å²) in [5.74, 6) is -130. The van der Waals surface area contributed by atoms with Gasteiger partial charge in [0, 0.05) is 51.0 Å². The summed E-state index contributed by atoms with van der Waals surface area (Å²) in [5.41, 5.74) is 0. The minimum Gasteiger partial charge on any atom is -0.208 e. The lowest BCUT2D eigenvalue weighted by Crippen LogP contribution is -2.79. The van der Waals surface area contributed by atoms with Crippen molar-refractivity contribution < 1.29 is 167 Å². The lowest BCUT2D eigenvalue weighted by Gasteiger charge is -2.45. The molecule has 0 bridgehead atoms. The Hall–Kier alpha value is -10.8. The second-order valence-electron chi connectivity index (χ2n) is 28.7. The standard InChI is InChI=1S/C18H29F2P.4C16F9.Al/c1-3-5-7-9-14-21(15-10-8-6-4-2)17-13-11-12-16(19)18(17)20;4*17-3-1-2-4-5-7(11(20)9(2)18)14(23)16(25)15(24)8(5)13(22)12(21)6(4)10(3)19;/h11-13H,3-10,14-15H2,1-2H3;;;;;/q;;;;;-1/p+1. The van der Waals surface area contributed by atoms with Crippen LogP contribution in [0.5, 0.6) is 0 Å². The summed E-state index contributed by atoms with van der Waals surface area (Å²) in [4.78, 5) is 0. The summed E-state index contributed by atoms with van der Waals surface area (Å²) in [5, 5.41) is -70.1. The summed E-state index contributed by atoms with van der Waals surface area (Å²) in [6, 6.07) is 4.70. The molecule has 122 heavy (non-hydrogen) atoms. The molecule has 0 aliphatic rings. The maximum atomic E-state index is 19.4. The maximum Gasteiger partial charge on any atom is 0.286 e. The van der Waals surface area contributed by atoms with Gasteiger partial charge in [0.05, 0.1) is 77.0 Å². The van der Waals surface area contributed by atoms with E-state index in [0.717, 1.165) is 25.2 Å². The van der Waals surface area contributed by atoms with Crippen molar-refractivity contribution in [3.63, 3.8) is 0 Å². The van der Waals surface area contributed by atoms with E-state index in [9.17, 15) is 8.78 Å². The van der Waals surface area contributed by atoms with Crippen LogP contribution in [0.3, 0.4) is 0 Å². The first-order valence-electron chi connectivity index (χ1n) is 35.5. The predicted octanol–water partition coefficient (Wildman–Crippen LogP) is 25.6. The molecule has 0 aliphatic heterocycles. The van der Waals surface area contributed by atoms with Gasteiger partial charge < -0.3 is 0 Å². The molecule has 632 valence electrons. The molecule has 0 saturated carbocycles. The SMILES string of the molecule is CCCCCC[PH+](CCCCCC)c1cccc(F)c1F.Fc1c(F)c2c(F)c(F)c3c(F)c(F)[c]([Al-]([c]4c(F)c(F)c5c(F)c(F)c6c(F)c(F)c(F)c7c(F)c(F)c4c5c67)([c]4c(F)c(F)c5c(F)c(F)c6c(F)c(F)c(F)c7c(F)c(F)c4c5c67)[c]4c(F)c(F)c5c(F)c(F)c6c(F)c(F)c(F)c7c(F)c(F)c4c5c67)c4c(F)c(F)c(c1F)c2c34. The van der Waals surface area contributed by atoms with Crippen molar-refractivity contribution in [2.24, 2.45) is 0 Å². The van der Waals surface area contributed by atoms with Gasteiger partial charge in [-0.05, 0) is 59.4 Å². The molecule has 0 atom stereocenters. The first-order chi connectivity index (χ1) is 57.5. The van der Waals surface area contributed by atoms with Gasteiger partial charge in [-0.2, -0.15) is 22.1 Å². The molecule has 17 aromatic rings. The van der Waals surface area contributed by atoms with Gasteiger partial charge in [-0.25, -0.2) is 162 Å². The van der Waals surface area contributed by atoms with Gasteiger partial charge in [-0.15, -0.1) is 0 Å². The Morgan fingerprint density at radius 1 is 0.172 bits per heavy atom. The van der Waals surface area contributed by atoms with Crippen molar-refractivity contribution in [1.82, 2.24) is 0 Å². The van der Waals surface area contributed by atoms with Gasteiger partial charge in [0.15, 0.2) is 192 Å². The van der Waals surface area contributed by atoms with Crippen LogP contribution in [0.25, 0.3) is 129 Å². The second-order valence-corrected chi connectivity index (χ2v) is 35.4. The number of hydrogen-bond donors (Lipinski definition) is 0. The fourth-order valence-corrected chi connectivity index (χ4v) is 27.3. The number of benzene rings is 17. The zero-order valence-electron chi connectivity index (χ0n) is 59.7. The van der Waals surface area contributed by atoms with Crippen molar-refractivity contribution >= 4 is 173 Å². The Labute approximate surface area is 654 Å². The highest BCUT2D eigenvalue weighted by molar-refractivity contribution is 7.65. The average Bonchev–Trinajstić information content (AvgIpc) is 0.646. The van der Waals surface area contributed by atoms with Gasteiger partial charge >= 0.3 is 0 Å². The van der Waals surface area contributed by atoms with Gasteiger partial charge in [-0.3, -0.25) is 0 Å². The fraction of sp³-hybridized carbons (Fsp3) is 0.146. The molecule has 0 N–H and O–H groups in total. The van der Waals surface area contributed by atoms with Gasteiger partial charge in [0.1, 0.15) is 28.6 Å². The summed E-state index contributed by atoms with van der Waals surface area (Å²) >= 11 is -10.9. The van der Waals surface area contributed by atoms with Crippen LogP contribution in [0.15, 0.2) is 18.2 Å². The van der Waals surface area contributed by atoms with Crippen LogP contribution in [-0.4, -0.2) is 25.4 Å². The van der Waals surface area contributed by atoms with Crippen LogP contribution in [0.1, 0.15) is 65.2 Å². The molecule has 0 radical (unpaired) electrons. The molecular weight excluding hydrogens is 1760 g/mol. The van der Waals surface area contributed by atoms with E-state index in [1.807, 2.05) is 6.07 Å². The van der Waals surface area contributed by atoms with E-state index < -0.39 is 389 Å². The van der Waals surface area contributed by atoms with E-state index >= 15 is 158 Å². The highest BCUT2D eigenvalue weighted by Crippen LogP contribution is 2.54. The average molecular weight is 1800 g/mol. The topological polar surface area (TPSA) is 0 Å². The quantitative estimate of drug-likeness (QED) is 0.0240.